The largest absolute Gasteiger partial charge is 0.462 e. The lowest BCUT2D eigenvalue weighted by Crippen LogP contribution is -2.39. The SMILES string of the molecule is CCCc1cc[n+](CC(=O)Nc2sc(C(=O)N(C)C)c(C)c2C(=O)OCC)cc1. The molecule has 0 fully saturated rings. The summed E-state index contributed by atoms with van der Waals surface area (Å²) in [6, 6.07) is 3.98. The number of esters is 1. The maximum absolute atomic E-state index is 12.6. The Balaban J connectivity index is 2.25. The van der Waals surface area contributed by atoms with Crippen molar-refractivity contribution in [2.24, 2.45) is 0 Å². The van der Waals surface area contributed by atoms with E-state index in [1.165, 1.54) is 10.5 Å². The Morgan fingerprint density at radius 3 is 2.38 bits per heavy atom. The van der Waals surface area contributed by atoms with Crippen LogP contribution in [0.15, 0.2) is 24.5 Å². The Morgan fingerprint density at radius 2 is 1.83 bits per heavy atom. The number of aryl methyl sites for hydroxylation is 1. The summed E-state index contributed by atoms with van der Waals surface area (Å²) in [5.41, 5.74) is 1.96. The van der Waals surface area contributed by atoms with Gasteiger partial charge in [0.25, 0.3) is 11.8 Å². The molecule has 0 aromatic carbocycles. The van der Waals surface area contributed by atoms with Crippen molar-refractivity contribution in [2.45, 2.75) is 40.2 Å². The van der Waals surface area contributed by atoms with Gasteiger partial charge >= 0.3 is 5.97 Å². The third kappa shape index (κ3) is 5.63. The molecule has 0 atom stereocenters. The zero-order chi connectivity index (χ0) is 21.6. The van der Waals surface area contributed by atoms with Crippen LogP contribution in [0.1, 0.15) is 51.4 Å². The highest BCUT2D eigenvalue weighted by Crippen LogP contribution is 2.34. The summed E-state index contributed by atoms with van der Waals surface area (Å²) >= 11 is 1.09. The highest BCUT2D eigenvalue weighted by Gasteiger charge is 2.27. The van der Waals surface area contributed by atoms with E-state index >= 15 is 0 Å². The minimum absolute atomic E-state index is 0.0998. The molecule has 0 aliphatic heterocycles. The van der Waals surface area contributed by atoms with Crippen LogP contribution in [0.2, 0.25) is 0 Å². The van der Waals surface area contributed by atoms with E-state index < -0.39 is 5.97 Å². The number of ether oxygens (including phenoxy) is 1. The normalized spacial score (nSPS) is 10.5. The summed E-state index contributed by atoms with van der Waals surface area (Å²) in [6.45, 7) is 5.83. The molecule has 8 heteroatoms. The predicted molar refractivity (Wildman–Crippen MR) is 112 cm³/mol. The van der Waals surface area contributed by atoms with Crippen LogP contribution in [0.25, 0.3) is 0 Å². The highest BCUT2D eigenvalue weighted by atomic mass is 32.1. The molecule has 0 saturated heterocycles. The molecule has 7 nitrogen and oxygen atoms in total. The van der Waals surface area contributed by atoms with Crippen molar-refractivity contribution in [1.29, 1.82) is 0 Å². The van der Waals surface area contributed by atoms with Gasteiger partial charge in [0.05, 0.1) is 17.0 Å². The summed E-state index contributed by atoms with van der Waals surface area (Å²) in [7, 11) is 3.28. The van der Waals surface area contributed by atoms with Gasteiger partial charge < -0.3 is 15.0 Å². The summed E-state index contributed by atoms with van der Waals surface area (Å²) < 4.78 is 6.89. The van der Waals surface area contributed by atoms with Crippen LogP contribution in [-0.2, 0) is 22.5 Å². The van der Waals surface area contributed by atoms with Crippen LogP contribution in [-0.4, -0.2) is 43.4 Å². The van der Waals surface area contributed by atoms with Crippen LogP contribution in [0.5, 0.6) is 0 Å². The lowest BCUT2D eigenvalue weighted by atomic mass is 10.1. The van der Waals surface area contributed by atoms with Crippen molar-refractivity contribution in [3.63, 3.8) is 0 Å². The maximum atomic E-state index is 12.6. The topological polar surface area (TPSA) is 79.6 Å². The molecule has 0 saturated carbocycles. The quantitative estimate of drug-likeness (QED) is 0.528. The van der Waals surface area contributed by atoms with Crippen molar-refractivity contribution in [1.82, 2.24) is 4.90 Å². The van der Waals surface area contributed by atoms with Gasteiger partial charge in [-0.15, -0.1) is 11.3 Å². The van der Waals surface area contributed by atoms with Crippen molar-refractivity contribution in [3.8, 4) is 0 Å². The van der Waals surface area contributed by atoms with Gasteiger partial charge in [0.15, 0.2) is 12.4 Å². The lowest BCUT2D eigenvalue weighted by molar-refractivity contribution is -0.684. The van der Waals surface area contributed by atoms with Gasteiger partial charge in [-0.25, -0.2) is 4.79 Å². The van der Waals surface area contributed by atoms with Crippen molar-refractivity contribution in [3.05, 3.63) is 46.1 Å². The molecule has 0 aliphatic carbocycles. The van der Waals surface area contributed by atoms with Gasteiger partial charge in [0, 0.05) is 26.2 Å². The first kappa shape index (κ1) is 22.5. The average molecular weight is 419 g/mol. The number of nitrogens with one attached hydrogen (secondary N) is 1. The van der Waals surface area contributed by atoms with Gasteiger partial charge in [-0.1, -0.05) is 13.3 Å². The van der Waals surface area contributed by atoms with E-state index in [1.807, 2.05) is 24.5 Å². The van der Waals surface area contributed by atoms with Gasteiger partial charge in [-0.05, 0) is 31.4 Å². The van der Waals surface area contributed by atoms with Crippen LogP contribution in [0.4, 0.5) is 5.00 Å². The van der Waals surface area contributed by atoms with E-state index in [1.54, 1.807) is 32.5 Å². The molecule has 0 spiro atoms. The molecule has 0 aliphatic rings. The number of anilines is 1. The third-order valence-corrected chi connectivity index (χ3v) is 5.50. The van der Waals surface area contributed by atoms with E-state index in [2.05, 4.69) is 12.2 Å². The number of carbonyl (C=O) groups is 3. The average Bonchev–Trinajstić information content (AvgIpc) is 2.98. The molecule has 2 heterocycles. The number of rotatable bonds is 8. The summed E-state index contributed by atoms with van der Waals surface area (Å²) in [5, 5.41) is 3.11. The molecule has 2 aromatic heterocycles. The lowest BCUT2D eigenvalue weighted by Gasteiger charge is -2.09. The first-order chi connectivity index (χ1) is 13.8. The van der Waals surface area contributed by atoms with Gasteiger partial charge in [-0.2, -0.15) is 4.57 Å². The smallest absolute Gasteiger partial charge is 0.341 e. The minimum atomic E-state index is -0.550. The number of hydrogen-bond acceptors (Lipinski definition) is 5. The van der Waals surface area contributed by atoms with Crippen LogP contribution in [0.3, 0.4) is 0 Å². The molecule has 0 radical (unpaired) electrons. The van der Waals surface area contributed by atoms with Gasteiger partial charge in [0.1, 0.15) is 5.00 Å². The molecular formula is C21H28N3O4S+. The Kier molecular flexibility index (Phi) is 7.90. The first-order valence-electron chi connectivity index (χ1n) is 9.58. The van der Waals surface area contributed by atoms with Crippen molar-refractivity contribution >= 4 is 34.1 Å². The number of nitrogens with zero attached hydrogens (tertiary/aromatic N) is 2. The second-order valence-corrected chi connectivity index (χ2v) is 7.88. The molecule has 156 valence electrons. The van der Waals surface area contributed by atoms with Gasteiger partial charge in [0.2, 0.25) is 6.54 Å². The molecule has 1 N–H and O–H groups in total. The monoisotopic (exact) mass is 418 g/mol. The Labute approximate surface area is 175 Å². The highest BCUT2D eigenvalue weighted by molar-refractivity contribution is 7.18. The number of thiophene rings is 1. The van der Waals surface area contributed by atoms with Crippen molar-refractivity contribution < 1.29 is 23.7 Å². The summed E-state index contributed by atoms with van der Waals surface area (Å²) in [6.07, 6.45) is 5.77. The third-order valence-electron chi connectivity index (χ3n) is 4.30. The Hall–Kier alpha value is -2.74. The number of hydrogen-bond donors (Lipinski definition) is 1. The number of aromatic nitrogens is 1. The summed E-state index contributed by atoms with van der Waals surface area (Å²) in [4.78, 5) is 39.3. The zero-order valence-corrected chi connectivity index (χ0v) is 18.4. The first-order valence-corrected chi connectivity index (χ1v) is 10.4. The minimum Gasteiger partial charge on any atom is -0.462 e. The molecular weight excluding hydrogens is 390 g/mol. The van der Waals surface area contributed by atoms with Crippen LogP contribution in [0, 0.1) is 6.92 Å². The molecule has 0 unspecified atom stereocenters. The van der Waals surface area contributed by atoms with E-state index in [9.17, 15) is 14.4 Å². The molecule has 2 rings (SSSR count). The van der Waals surface area contributed by atoms with Crippen molar-refractivity contribution in [2.75, 3.05) is 26.0 Å². The fraction of sp³-hybridized carbons (Fsp3) is 0.429. The van der Waals surface area contributed by atoms with E-state index in [-0.39, 0.29) is 30.5 Å². The Bertz CT molecular complexity index is 888. The van der Waals surface area contributed by atoms with E-state index in [4.69, 9.17) is 4.74 Å². The molecule has 2 amide bonds. The molecule has 2 aromatic rings. The summed E-state index contributed by atoms with van der Waals surface area (Å²) in [5.74, 6) is -1.06. The van der Waals surface area contributed by atoms with Crippen LogP contribution < -0.4 is 9.88 Å². The maximum Gasteiger partial charge on any atom is 0.341 e. The zero-order valence-electron chi connectivity index (χ0n) is 17.6. The van der Waals surface area contributed by atoms with E-state index in [0.717, 1.165) is 24.2 Å². The fourth-order valence-electron chi connectivity index (χ4n) is 2.84. The van der Waals surface area contributed by atoms with Gasteiger partial charge in [-0.3, -0.25) is 9.59 Å². The number of carbonyl (C=O) groups excluding carboxylic acids is 3. The van der Waals surface area contributed by atoms with Crippen LogP contribution >= 0.6 is 11.3 Å². The molecule has 0 bridgehead atoms. The second-order valence-electron chi connectivity index (χ2n) is 6.86. The number of pyridine rings is 1. The standard InChI is InChI=1S/C21H27N3O4S/c1-6-8-15-9-11-24(12-10-15)13-16(25)22-19-17(21(27)28-7-2)14(3)18(29-19)20(26)23(4)5/h9-12H,6-8,13H2,1-5H3/p+1. The molecule has 29 heavy (non-hydrogen) atoms. The number of amides is 2. The second kappa shape index (κ2) is 10.2. The predicted octanol–water partition coefficient (Wildman–Crippen LogP) is 2.81. The Morgan fingerprint density at radius 1 is 1.17 bits per heavy atom. The fourth-order valence-corrected chi connectivity index (χ4v) is 4.07. The van der Waals surface area contributed by atoms with E-state index in [0.29, 0.717) is 15.4 Å².